The average molecular weight is 351 g/mol. The third kappa shape index (κ3) is 7.45. The van der Waals surface area contributed by atoms with Crippen LogP contribution in [-0.2, 0) is 9.53 Å². The molecule has 1 N–H and O–H groups in total. The van der Waals surface area contributed by atoms with Gasteiger partial charge in [-0.05, 0) is 44.4 Å². The van der Waals surface area contributed by atoms with Gasteiger partial charge in [0.15, 0.2) is 18.1 Å². The molecule has 0 aliphatic rings. The van der Waals surface area contributed by atoms with Crippen LogP contribution in [-0.4, -0.2) is 37.7 Å². The molecule has 1 aromatic carbocycles. The van der Waals surface area contributed by atoms with Crippen molar-refractivity contribution in [3.8, 4) is 11.5 Å². The second-order valence-corrected chi connectivity index (χ2v) is 6.25. The standard InChI is InChI=1S/C19H29NO5/c1-6-14(5)20-18(21)12-25-19(22)15-8-9-16(24-11-13(3)4)17(10-15)23-7-2/h8-10,13-14H,6-7,11-12H2,1-5H3,(H,20,21)/t14-/m1/s1. The average Bonchev–Trinajstić information content (AvgIpc) is 2.58. The number of esters is 1. The lowest BCUT2D eigenvalue weighted by atomic mass is 10.2. The maximum Gasteiger partial charge on any atom is 0.338 e. The molecule has 1 rings (SSSR count). The molecule has 0 unspecified atom stereocenters. The normalized spacial score (nSPS) is 11.8. The predicted octanol–water partition coefficient (Wildman–Crippen LogP) is 3.19. The fraction of sp³-hybridized carbons (Fsp3) is 0.579. The molecule has 0 radical (unpaired) electrons. The molecule has 0 saturated heterocycles. The summed E-state index contributed by atoms with van der Waals surface area (Å²) in [6.45, 7) is 10.5. The van der Waals surface area contributed by atoms with Crippen LogP contribution in [0, 0.1) is 5.92 Å². The molecular weight excluding hydrogens is 322 g/mol. The van der Waals surface area contributed by atoms with Crippen molar-refractivity contribution >= 4 is 11.9 Å². The lowest BCUT2D eigenvalue weighted by Crippen LogP contribution is -2.35. The summed E-state index contributed by atoms with van der Waals surface area (Å²) in [7, 11) is 0. The molecule has 1 atom stereocenters. The van der Waals surface area contributed by atoms with Crippen molar-refractivity contribution in [1.29, 1.82) is 0 Å². The molecule has 1 amide bonds. The van der Waals surface area contributed by atoms with E-state index in [2.05, 4.69) is 19.2 Å². The number of rotatable bonds is 10. The zero-order valence-electron chi connectivity index (χ0n) is 15.8. The maximum absolute atomic E-state index is 12.1. The minimum atomic E-state index is -0.573. The fourth-order valence-electron chi connectivity index (χ4n) is 1.91. The third-order valence-corrected chi connectivity index (χ3v) is 3.41. The predicted molar refractivity (Wildman–Crippen MR) is 96.1 cm³/mol. The summed E-state index contributed by atoms with van der Waals surface area (Å²) < 4.78 is 16.3. The van der Waals surface area contributed by atoms with Crippen LogP contribution in [0.1, 0.15) is 51.4 Å². The highest BCUT2D eigenvalue weighted by molar-refractivity contribution is 5.92. The smallest absolute Gasteiger partial charge is 0.338 e. The van der Waals surface area contributed by atoms with Crippen LogP contribution in [0.5, 0.6) is 11.5 Å². The van der Waals surface area contributed by atoms with Gasteiger partial charge in [0.25, 0.3) is 5.91 Å². The molecular formula is C19H29NO5. The van der Waals surface area contributed by atoms with E-state index in [1.54, 1.807) is 18.2 Å². The van der Waals surface area contributed by atoms with Gasteiger partial charge in [-0.25, -0.2) is 4.79 Å². The Morgan fingerprint density at radius 2 is 1.80 bits per heavy atom. The summed E-state index contributed by atoms with van der Waals surface area (Å²) in [4.78, 5) is 23.8. The van der Waals surface area contributed by atoms with Crippen molar-refractivity contribution in [3.63, 3.8) is 0 Å². The van der Waals surface area contributed by atoms with Crippen molar-refractivity contribution in [3.05, 3.63) is 23.8 Å². The molecule has 0 spiro atoms. The Morgan fingerprint density at radius 3 is 2.40 bits per heavy atom. The monoisotopic (exact) mass is 351 g/mol. The highest BCUT2D eigenvalue weighted by Gasteiger charge is 2.15. The minimum Gasteiger partial charge on any atom is -0.490 e. The third-order valence-electron chi connectivity index (χ3n) is 3.41. The van der Waals surface area contributed by atoms with Gasteiger partial charge < -0.3 is 19.5 Å². The van der Waals surface area contributed by atoms with Crippen LogP contribution < -0.4 is 14.8 Å². The highest BCUT2D eigenvalue weighted by Crippen LogP contribution is 2.29. The number of carbonyl (C=O) groups excluding carboxylic acids is 2. The Labute approximate surface area is 149 Å². The van der Waals surface area contributed by atoms with Gasteiger partial charge in [-0.1, -0.05) is 20.8 Å². The second-order valence-electron chi connectivity index (χ2n) is 6.25. The summed E-state index contributed by atoms with van der Waals surface area (Å²) in [6.07, 6.45) is 0.815. The van der Waals surface area contributed by atoms with E-state index in [9.17, 15) is 9.59 Å². The molecule has 0 saturated carbocycles. The largest absolute Gasteiger partial charge is 0.490 e. The lowest BCUT2D eigenvalue weighted by Gasteiger charge is -2.15. The topological polar surface area (TPSA) is 73.9 Å². The van der Waals surface area contributed by atoms with Gasteiger partial charge in [-0.3, -0.25) is 4.79 Å². The van der Waals surface area contributed by atoms with Crippen molar-refractivity contribution in [1.82, 2.24) is 5.32 Å². The van der Waals surface area contributed by atoms with Gasteiger partial charge in [-0.15, -0.1) is 0 Å². The van der Waals surface area contributed by atoms with Gasteiger partial charge in [0.1, 0.15) is 0 Å². The molecule has 0 aromatic heterocycles. The quantitative estimate of drug-likeness (QED) is 0.655. The molecule has 0 bridgehead atoms. The zero-order chi connectivity index (χ0) is 18.8. The lowest BCUT2D eigenvalue weighted by molar-refractivity contribution is -0.124. The molecule has 0 aliphatic heterocycles. The Balaban J connectivity index is 2.71. The van der Waals surface area contributed by atoms with Gasteiger partial charge in [-0.2, -0.15) is 0 Å². The van der Waals surface area contributed by atoms with Gasteiger partial charge in [0.2, 0.25) is 0 Å². The first kappa shape index (κ1) is 20.8. The van der Waals surface area contributed by atoms with E-state index in [1.807, 2.05) is 20.8 Å². The fourth-order valence-corrected chi connectivity index (χ4v) is 1.91. The number of hydrogen-bond donors (Lipinski definition) is 1. The summed E-state index contributed by atoms with van der Waals surface area (Å²) in [5.74, 6) is 0.562. The summed E-state index contributed by atoms with van der Waals surface area (Å²) in [5, 5.41) is 2.74. The number of amides is 1. The van der Waals surface area contributed by atoms with E-state index in [-0.39, 0.29) is 18.6 Å². The van der Waals surface area contributed by atoms with E-state index in [4.69, 9.17) is 14.2 Å². The molecule has 1 aromatic rings. The minimum absolute atomic E-state index is 0.0492. The van der Waals surface area contributed by atoms with Crippen LogP contribution in [0.2, 0.25) is 0 Å². The first-order chi connectivity index (χ1) is 11.9. The van der Waals surface area contributed by atoms with Crippen LogP contribution in [0.4, 0.5) is 0 Å². The van der Waals surface area contributed by atoms with Crippen molar-refractivity contribution in [2.24, 2.45) is 5.92 Å². The van der Waals surface area contributed by atoms with E-state index < -0.39 is 5.97 Å². The summed E-state index contributed by atoms with van der Waals surface area (Å²) >= 11 is 0. The molecule has 0 aliphatic carbocycles. The van der Waals surface area contributed by atoms with Crippen molar-refractivity contribution in [2.45, 2.75) is 47.1 Å². The van der Waals surface area contributed by atoms with Gasteiger partial charge >= 0.3 is 5.97 Å². The SMILES string of the molecule is CCOc1cc(C(=O)OCC(=O)N[C@H](C)CC)ccc1OCC(C)C. The number of benzene rings is 1. The van der Waals surface area contributed by atoms with E-state index in [0.717, 1.165) is 6.42 Å². The Kier molecular flexibility index (Phi) is 8.81. The van der Waals surface area contributed by atoms with Crippen LogP contribution in [0.3, 0.4) is 0 Å². The number of ether oxygens (including phenoxy) is 3. The molecule has 140 valence electrons. The number of nitrogens with one attached hydrogen (secondary N) is 1. The second kappa shape index (κ2) is 10.6. The van der Waals surface area contributed by atoms with Crippen molar-refractivity contribution < 1.29 is 23.8 Å². The molecule has 6 nitrogen and oxygen atoms in total. The van der Waals surface area contributed by atoms with Crippen LogP contribution in [0.15, 0.2) is 18.2 Å². The van der Waals surface area contributed by atoms with Crippen LogP contribution in [0.25, 0.3) is 0 Å². The highest BCUT2D eigenvalue weighted by atomic mass is 16.5. The van der Waals surface area contributed by atoms with Gasteiger partial charge in [0, 0.05) is 6.04 Å². The van der Waals surface area contributed by atoms with E-state index in [1.165, 1.54) is 0 Å². The summed E-state index contributed by atoms with van der Waals surface area (Å²) in [6, 6.07) is 4.91. The maximum atomic E-state index is 12.1. The molecule has 0 fully saturated rings. The van der Waals surface area contributed by atoms with Gasteiger partial charge in [0.05, 0.1) is 18.8 Å². The Morgan fingerprint density at radius 1 is 1.08 bits per heavy atom. The van der Waals surface area contributed by atoms with Crippen LogP contribution >= 0.6 is 0 Å². The zero-order valence-corrected chi connectivity index (χ0v) is 15.8. The Bertz CT molecular complexity index is 571. The van der Waals surface area contributed by atoms with E-state index in [0.29, 0.717) is 36.2 Å². The first-order valence-corrected chi connectivity index (χ1v) is 8.73. The van der Waals surface area contributed by atoms with Crippen molar-refractivity contribution in [2.75, 3.05) is 19.8 Å². The number of hydrogen-bond acceptors (Lipinski definition) is 5. The molecule has 6 heteroatoms. The summed E-state index contributed by atoms with van der Waals surface area (Å²) in [5.41, 5.74) is 0.316. The van der Waals surface area contributed by atoms with E-state index >= 15 is 0 Å². The Hall–Kier alpha value is -2.24. The molecule has 0 heterocycles. The first-order valence-electron chi connectivity index (χ1n) is 8.73. The number of carbonyl (C=O) groups is 2. The molecule has 25 heavy (non-hydrogen) atoms.